The maximum Gasteiger partial charge on any atom is 0.181 e. The number of nitrogens with zero attached hydrogens (tertiary/aromatic N) is 4. The molecular weight excluding hydrogens is 374 g/mol. The standard InChI is InChI=1S/C21H24ClN5O/c1-15-11-13-21(14-12-15,23-17-5-9-19(28-2)10-6-17)20-24-25-26-27(20)18-7-3-16(22)4-8-18/h3-10,15,23H,11-14H2,1-2H3. The molecule has 1 N–H and O–H groups in total. The van der Waals surface area contributed by atoms with Gasteiger partial charge in [-0.3, -0.25) is 0 Å². The largest absolute Gasteiger partial charge is 0.497 e. The molecule has 1 saturated carbocycles. The van der Waals surface area contributed by atoms with E-state index < -0.39 is 0 Å². The summed E-state index contributed by atoms with van der Waals surface area (Å²) in [6.07, 6.45) is 4.18. The molecule has 2 aromatic carbocycles. The number of benzene rings is 2. The lowest BCUT2D eigenvalue weighted by molar-refractivity contribution is 0.255. The van der Waals surface area contributed by atoms with Gasteiger partial charge >= 0.3 is 0 Å². The lowest BCUT2D eigenvalue weighted by atomic mass is 9.76. The number of hydrogen-bond donors (Lipinski definition) is 1. The number of ether oxygens (including phenoxy) is 1. The van der Waals surface area contributed by atoms with Gasteiger partial charge in [-0.2, -0.15) is 4.68 Å². The Hall–Kier alpha value is -2.60. The fourth-order valence-electron chi connectivity index (χ4n) is 3.85. The summed E-state index contributed by atoms with van der Waals surface area (Å²) in [5.41, 5.74) is 1.60. The van der Waals surface area contributed by atoms with Crippen LogP contribution in [0, 0.1) is 5.92 Å². The SMILES string of the molecule is COc1ccc(NC2(c3nnnn3-c3ccc(Cl)cc3)CCC(C)CC2)cc1. The number of hydrogen-bond acceptors (Lipinski definition) is 5. The molecule has 0 radical (unpaired) electrons. The van der Waals surface area contributed by atoms with Crippen LogP contribution in [-0.4, -0.2) is 27.3 Å². The van der Waals surface area contributed by atoms with Crippen LogP contribution in [0.5, 0.6) is 5.75 Å². The second-order valence-corrected chi connectivity index (χ2v) is 7.95. The van der Waals surface area contributed by atoms with Crippen molar-refractivity contribution in [2.75, 3.05) is 12.4 Å². The average Bonchev–Trinajstić information content (AvgIpc) is 3.22. The average molecular weight is 398 g/mol. The van der Waals surface area contributed by atoms with E-state index in [-0.39, 0.29) is 5.54 Å². The molecule has 1 aliphatic rings. The van der Waals surface area contributed by atoms with Gasteiger partial charge in [0.25, 0.3) is 0 Å². The van der Waals surface area contributed by atoms with Crippen LogP contribution in [0.4, 0.5) is 5.69 Å². The number of anilines is 1. The van der Waals surface area contributed by atoms with E-state index in [4.69, 9.17) is 16.3 Å². The zero-order chi connectivity index (χ0) is 19.6. The molecule has 146 valence electrons. The summed E-state index contributed by atoms with van der Waals surface area (Å²) in [6.45, 7) is 2.31. The minimum Gasteiger partial charge on any atom is -0.497 e. The van der Waals surface area contributed by atoms with E-state index in [1.54, 1.807) is 7.11 Å². The molecule has 1 fully saturated rings. The molecule has 0 saturated heterocycles. The Bertz CT molecular complexity index is 915. The Labute approximate surface area is 169 Å². The first kappa shape index (κ1) is 18.7. The third-order valence-electron chi connectivity index (χ3n) is 5.57. The molecule has 0 unspecified atom stereocenters. The van der Waals surface area contributed by atoms with E-state index in [1.807, 2.05) is 53.2 Å². The Kier molecular flexibility index (Phi) is 5.22. The Morgan fingerprint density at radius 1 is 1.07 bits per heavy atom. The normalized spacial score (nSPS) is 22.0. The molecule has 0 amide bonds. The highest BCUT2D eigenvalue weighted by atomic mass is 35.5. The lowest BCUT2D eigenvalue weighted by Gasteiger charge is -2.39. The smallest absolute Gasteiger partial charge is 0.181 e. The molecule has 1 aliphatic carbocycles. The Morgan fingerprint density at radius 2 is 1.75 bits per heavy atom. The minimum absolute atomic E-state index is 0.329. The minimum atomic E-state index is -0.329. The van der Waals surface area contributed by atoms with Gasteiger partial charge in [0.05, 0.1) is 18.3 Å². The zero-order valence-corrected chi connectivity index (χ0v) is 16.9. The molecule has 6 nitrogen and oxygen atoms in total. The second kappa shape index (κ2) is 7.80. The number of aromatic nitrogens is 4. The quantitative estimate of drug-likeness (QED) is 0.667. The number of tetrazole rings is 1. The van der Waals surface area contributed by atoms with Gasteiger partial charge in [0, 0.05) is 10.7 Å². The van der Waals surface area contributed by atoms with Crippen molar-refractivity contribution in [2.45, 2.75) is 38.1 Å². The van der Waals surface area contributed by atoms with Crippen LogP contribution in [0.3, 0.4) is 0 Å². The Balaban J connectivity index is 1.72. The lowest BCUT2D eigenvalue weighted by Crippen LogP contribution is -2.41. The molecule has 4 rings (SSSR count). The van der Waals surface area contributed by atoms with Crippen LogP contribution < -0.4 is 10.1 Å². The van der Waals surface area contributed by atoms with Crippen molar-refractivity contribution in [3.8, 4) is 11.4 Å². The highest BCUT2D eigenvalue weighted by Crippen LogP contribution is 2.41. The van der Waals surface area contributed by atoms with E-state index in [0.717, 1.165) is 48.6 Å². The van der Waals surface area contributed by atoms with Crippen LogP contribution in [0.1, 0.15) is 38.4 Å². The van der Waals surface area contributed by atoms with E-state index >= 15 is 0 Å². The van der Waals surface area contributed by atoms with Crippen molar-refractivity contribution in [2.24, 2.45) is 5.92 Å². The van der Waals surface area contributed by atoms with Gasteiger partial charge in [0.2, 0.25) is 0 Å². The maximum atomic E-state index is 6.05. The van der Waals surface area contributed by atoms with Gasteiger partial charge in [-0.25, -0.2) is 0 Å². The topological polar surface area (TPSA) is 64.9 Å². The molecule has 1 heterocycles. The molecule has 0 aliphatic heterocycles. The van der Waals surface area contributed by atoms with Gasteiger partial charge in [-0.05, 0) is 90.6 Å². The van der Waals surface area contributed by atoms with E-state index in [0.29, 0.717) is 10.9 Å². The predicted molar refractivity (Wildman–Crippen MR) is 110 cm³/mol. The van der Waals surface area contributed by atoms with E-state index in [2.05, 4.69) is 27.8 Å². The van der Waals surface area contributed by atoms with Crippen LogP contribution in [-0.2, 0) is 5.54 Å². The third kappa shape index (κ3) is 3.69. The molecular formula is C21H24ClN5O. The van der Waals surface area contributed by atoms with Crippen molar-refractivity contribution < 1.29 is 4.74 Å². The summed E-state index contributed by atoms with van der Waals surface area (Å²) in [5, 5.41) is 17.2. The molecule has 7 heteroatoms. The van der Waals surface area contributed by atoms with E-state index in [1.165, 1.54) is 0 Å². The van der Waals surface area contributed by atoms with Crippen molar-refractivity contribution in [3.05, 3.63) is 59.4 Å². The van der Waals surface area contributed by atoms with Crippen molar-refractivity contribution in [3.63, 3.8) is 0 Å². The molecule has 1 aromatic heterocycles. The first-order valence-electron chi connectivity index (χ1n) is 9.57. The zero-order valence-electron chi connectivity index (χ0n) is 16.1. The fraction of sp³-hybridized carbons (Fsp3) is 0.381. The summed E-state index contributed by atoms with van der Waals surface area (Å²) in [5.74, 6) is 2.37. The van der Waals surface area contributed by atoms with Crippen molar-refractivity contribution in [1.29, 1.82) is 0 Å². The second-order valence-electron chi connectivity index (χ2n) is 7.51. The monoisotopic (exact) mass is 397 g/mol. The van der Waals surface area contributed by atoms with Gasteiger partial charge in [-0.15, -0.1) is 5.10 Å². The van der Waals surface area contributed by atoms with Gasteiger partial charge in [0.1, 0.15) is 5.75 Å². The molecule has 0 bridgehead atoms. The van der Waals surface area contributed by atoms with Crippen LogP contribution in [0.2, 0.25) is 5.02 Å². The molecule has 3 aromatic rings. The number of methoxy groups -OCH3 is 1. The highest BCUT2D eigenvalue weighted by Gasteiger charge is 2.40. The van der Waals surface area contributed by atoms with Gasteiger partial charge in [0.15, 0.2) is 5.82 Å². The van der Waals surface area contributed by atoms with E-state index in [9.17, 15) is 0 Å². The number of halogens is 1. The maximum absolute atomic E-state index is 6.05. The van der Waals surface area contributed by atoms with Crippen molar-refractivity contribution >= 4 is 17.3 Å². The summed E-state index contributed by atoms with van der Waals surface area (Å²) in [6, 6.07) is 15.6. The summed E-state index contributed by atoms with van der Waals surface area (Å²) < 4.78 is 7.10. The van der Waals surface area contributed by atoms with Gasteiger partial charge in [-0.1, -0.05) is 18.5 Å². The van der Waals surface area contributed by atoms with Crippen LogP contribution in [0.15, 0.2) is 48.5 Å². The third-order valence-corrected chi connectivity index (χ3v) is 5.82. The first-order chi connectivity index (χ1) is 13.6. The number of rotatable bonds is 5. The van der Waals surface area contributed by atoms with Gasteiger partial charge < -0.3 is 10.1 Å². The molecule has 0 atom stereocenters. The van der Waals surface area contributed by atoms with Crippen LogP contribution >= 0.6 is 11.6 Å². The predicted octanol–water partition coefficient (Wildman–Crippen LogP) is 4.84. The summed E-state index contributed by atoms with van der Waals surface area (Å²) in [7, 11) is 1.67. The Morgan fingerprint density at radius 3 is 2.39 bits per heavy atom. The number of nitrogens with one attached hydrogen (secondary N) is 1. The summed E-state index contributed by atoms with van der Waals surface area (Å²) >= 11 is 6.05. The van der Waals surface area contributed by atoms with Crippen molar-refractivity contribution in [1.82, 2.24) is 20.2 Å². The van der Waals surface area contributed by atoms with Crippen LogP contribution in [0.25, 0.3) is 5.69 Å². The molecule has 0 spiro atoms. The first-order valence-corrected chi connectivity index (χ1v) is 9.94. The molecule has 28 heavy (non-hydrogen) atoms. The summed E-state index contributed by atoms with van der Waals surface area (Å²) in [4.78, 5) is 0. The highest BCUT2D eigenvalue weighted by molar-refractivity contribution is 6.30. The fourth-order valence-corrected chi connectivity index (χ4v) is 3.98.